The lowest BCUT2D eigenvalue weighted by atomic mass is 9.87. The van der Waals surface area contributed by atoms with E-state index in [0.717, 1.165) is 12.1 Å². The van der Waals surface area contributed by atoms with Crippen LogP contribution in [-0.4, -0.2) is 31.5 Å². The molecule has 1 aromatic carbocycles. The van der Waals surface area contributed by atoms with Crippen LogP contribution in [0.5, 0.6) is 0 Å². The molecule has 0 aliphatic carbocycles. The van der Waals surface area contributed by atoms with Crippen LogP contribution in [0.2, 0.25) is 10.0 Å². The van der Waals surface area contributed by atoms with E-state index in [4.69, 9.17) is 27.9 Å². The number of aliphatic hydroxyl groups excluding tert-OH is 1. The minimum atomic E-state index is -0.101. The zero-order chi connectivity index (χ0) is 12.3. The Bertz CT molecular complexity index is 389. The van der Waals surface area contributed by atoms with Gasteiger partial charge in [0.1, 0.15) is 0 Å². The summed E-state index contributed by atoms with van der Waals surface area (Å²) < 4.78 is 5.13. The number of ether oxygens (including phenoxy) is 1. The standard InChI is InChI=1S/C12H15Cl2NO2/c13-10-2-1-9(3-11(10)14)4-15-5-12(6-16)7-17-8-12/h1-3,15-16H,4-8H2. The highest BCUT2D eigenvalue weighted by Gasteiger charge is 2.37. The molecule has 17 heavy (non-hydrogen) atoms. The molecule has 1 aliphatic rings. The quantitative estimate of drug-likeness (QED) is 0.865. The normalized spacial score (nSPS) is 17.8. The van der Waals surface area contributed by atoms with E-state index < -0.39 is 0 Å². The van der Waals surface area contributed by atoms with Gasteiger partial charge < -0.3 is 15.2 Å². The summed E-state index contributed by atoms with van der Waals surface area (Å²) in [6, 6.07) is 5.57. The number of nitrogens with one attached hydrogen (secondary N) is 1. The molecule has 0 unspecified atom stereocenters. The van der Waals surface area contributed by atoms with E-state index >= 15 is 0 Å². The molecule has 0 bridgehead atoms. The molecule has 1 saturated heterocycles. The molecular weight excluding hydrogens is 261 g/mol. The van der Waals surface area contributed by atoms with Gasteiger partial charge in [-0.2, -0.15) is 0 Å². The van der Waals surface area contributed by atoms with Crippen molar-refractivity contribution >= 4 is 23.2 Å². The van der Waals surface area contributed by atoms with Gasteiger partial charge in [-0.05, 0) is 17.7 Å². The van der Waals surface area contributed by atoms with Crippen LogP contribution in [0.15, 0.2) is 18.2 Å². The molecule has 1 aromatic rings. The van der Waals surface area contributed by atoms with Gasteiger partial charge >= 0.3 is 0 Å². The molecule has 0 radical (unpaired) electrons. The molecule has 0 aromatic heterocycles. The third-order valence-electron chi connectivity index (χ3n) is 2.97. The number of rotatable bonds is 5. The van der Waals surface area contributed by atoms with Crippen LogP contribution in [0.1, 0.15) is 5.56 Å². The Morgan fingerprint density at radius 2 is 2.06 bits per heavy atom. The molecular formula is C12H15Cl2NO2. The minimum absolute atomic E-state index is 0.101. The lowest BCUT2D eigenvalue weighted by molar-refractivity contribution is -0.134. The lowest BCUT2D eigenvalue weighted by Gasteiger charge is -2.40. The van der Waals surface area contributed by atoms with E-state index in [0.29, 0.717) is 29.8 Å². The van der Waals surface area contributed by atoms with Gasteiger partial charge in [0.2, 0.25) is 0 Å². The van der Waals surface area contributed by atoms with Crippen molar-refractivity contribution in [3.05, 3.63) is 33.8 Å². The van der Waals surface area contributed by atoms with Gasteiger partial charge in [-0.1, -0.05) is 29.3 Å². The van der Waals surface area contributed by atoms with Gasteiger partial charge in [-0.25, -0.2) is 0 Å². The molecule has 1 fully saturated rings. The second-order valence-electron chi connectivity index (χ2n) is 4.50. The van der Waals surface area contributed by atoms with Crippen molar-refractivity contribution in [2.24, 2.45) is 5.41 Å². The Labute approximate surface area is 111 Å². The molecule has 1 heterocycles. The van der Waals surface area contributed by atoms with Crippen LogP contribution in [-0.2, 0) is 11.3 Å². The van der Waals surface area contributed by atoms with Crippen molar-refractivity contribution in [3.8, 4) is 0 Å². The molecule has 3 nitrogen and oxygen atoms in total. The molecule has 0 atom stereocenters. The molecule has 5 heteroatoms. The van der Waals surface area contributed by atoms with E-state index in [9.17, 15) is 5.11 Å². The van der Waals surface area contributed by atoms with E-state index in [1.807, 2.05) is 12.1 Å². The second kappa shape index (κ2) is 5.55. The molecule has 1 aliphatic heterocycles. The highest BCUT2D eigenvalue weighted by molar-refractivity contribution is 6.42. The van der Waals surface area contributed by atoms with Crippen molar-refractivity contribution in [1.29, 1.82) is 0 Å². The molecule has 2 N–H and O–H groups in total. The van der Waals surface area contributed by atoms with E-state index in [1.165, 1.54) is 0 Å². The topological polar surface area (TPSA) is 41.5 Å². The van der Waals surface area contributed by atoms with Crippen LogP contribution in [0.4, 0.5) is 0 Å². The summed E-state index contributed by atoms with van der Waals surface area (Å²) in [6.45, 7) is 2.85. The number of halogens is 2. The summed E-state index contributed by atoms with van der Waals surface area (Å²) in [5.74, 6) is 0. The van der Waals surface area contributed by atoms with Gasteiger partial charge in [0.15, 0.2) is 0 Å². The third kappa shape index (κ3) is 3.12. The van der Waals surface area contributed by atoms with Crippen molar-refractivity contribution in [2.75, 3.05) is 26.4 Å². The predicted octanol–water partition coefficient (Wildman–Crippen LogP) is 2.09. The third-order valence-corrected chi connectivity index (χ3v) is 3.70. The maximum atomic E-state index is 9.26. The van der Waals surface area contributed by atoms with Gasteiger partial charge in [-0.15, -0.1) is 0 Å². The van der Waals surface area contributed by atoms with Crippen LogP contribution in [0.25, 0.3) is 0 Å². The summed E-state index contributed by atoms with van der Waals surface area (Å²) >= 11 is 11.8. The van der Waals surface area contributed by atoms with Crippen molar-refractivity contribution in [2.45, 2.75) is 6.54 Å². The lowest BCUT2D eigenvalue weighted by Crippen LogP contribution is -2.52. The molecule has 0 spiro atoms. The fourth-order valence-electron chi connectivity index (χ4n) is 1.76. The van der Waals surface area contributed by atoms with Gasteiger partial charge in [0, 0.05) is 13.1 Å². The number of benzene rings is 1. The Morgan fingerprint density at radius 1 is 1.29 bits per heavy atom. The first-order valence-electron chi connectivity index (χ1n) is 5.48. The van der Waals surface area contributed by atoms with Gasteiger partial charge in [0.25, 0.3) is 0 Å². The first-order chi connectivity index (χ1) is 8.15. The Kier molecular flexibility index (Phi) is 4.28. The summed E-state index contributed by atoms with van der Waals surface area (Å²) in [5.41, 5.74) is 0.976. The monoisotopic (exact) mass is 275 g/mol. The fourth-order valence-corrected chi connectivity index (χ4v) is 2.08. The number of aliphatic hydroxyl groups is 1. The highest BCUT2D eigenvalue weighted by atomic mass is 35.5. The molecule has 0 amide bonds. The predicted molar refractivity (Wildman–Crippen MR) is 68.5 cm³/mol. The Balaban J connectivity index is 1.83. The summed E-state index contributed by atoms with van der Waals surface area (Å²) in [6.07, 6.45) is 0. The maximum Gasteiger partial charge on any atom is 0.0595 e. The zero-order valence-corrected chi connectivity index (χ0v) is 10.9. The maximum absolute atomic E-state index is 9.26. The SMILES string of the molecule is OCC1(CNCc2ccc(Cl)c(Cl)c2)COC1. The Hall–Kier alpha value is -0.320. The summed E-state index contributed by atoms with van der Waals surface area (Å²) in [5, 5.41) is 13.7. The van der Waals surface area contributed by atoms with Crippen molar-refractivity contribution in [1.82, 2.24) is 5.32 Å². The van der Waals surface area contributed by atoms with E-state index in [-0.39, 0.29) is 12.0 Å². The van der Waals surface area contributed by atoms with E-state index in [1.54, 1.807) is 6.07 Å². The first kappa shape index (κ1) is 13.1. The van der Waals surface area contributed by atoms with E-state index in [2.05, 4.69) is 5.32 Å². The first-order valence-corrected chi connectivity index (χ1v) is 6.24. The molecule has 2 rings (SSSR count). The Morgan fingerprint density at radius 3 is 2.59 bits per heavy atom. The summed E-state index contributed by atoms with van der Waals surface area (Å²) in [4.78, 5) is 0. The van der Waals surface area contributed by atoms with Crippen LogP contribution in [0.3, 0.4) is 0 Å². The summed E-state index contributed by atoms with van der Waals surface area (Å²) in [7, 11) is 0. The number of hydrogen-bond acceptors (Lipinski definition) is 3. The molecule has 94 valence electrons. The average Bonchev–Trinajstić information content (AvgIpc) is 2.27. The van der Waals surface area contributed by atoms with Crippen LogP contribution < -0.4 is 5.32 Å². The van der Waals surface area contributed by atoms with Crippen LogP contribution in [0, 0.1) is 5.41 Å². The second-order valence-corrected chi connectivity index (χ2v) is 5.32. The minimum Gasteiger partial charge on any atom is -0.396 e. The molecule has 0 saturated carbocycles. The zero-order valence-electron chi connectivity index (χ0n) is 9.38. The highest BCUT2D eigenvalue weighted by Crippen LogP contribution is 2.26. The largest absolute Gasteiger partial charge is 0.396 e. The number of hydrogen-bond donors (Lipinski definition) is 2. The van der Waals surface area contributed by atoms with Gasteiger partial charge in [0.05, 0.1) is 35.3 Å². The fraction of sp³-hybridized carbons (Fsp3) is 0.500. The average molecular weight is 276 g/mol. The smallest absolute Gasteiger partial charge is 0.0595 e. The van der Waals surface area contributed by atoms with Crippen molar-refractivity contribution < 1.29 is 9.84 Å². The van der Waals surface area contributed by atoms with Crippen molar-refractivity contribution in [3.63, 3.8) is 0 Å². The van der Waals surface area contributed by atoms with Crippen LogP contribution >= 0.6 is 23.2 Å². The van der Waals surface area contributed by atoms with Gasteiger partial charge in [-0.3, -0.25) is 0 Å².